The molecule has 0 saturated heterocycles. The van der Waals surface area contributed by atoms with E-state index in [1.807, 2.05) is 37.2 Å². The molecule has 4 heterocycles. The average Bonchev–Trinajstić information content (AvgIpc) is 3.37. The molecule has 27 heavy (non-hydrogen) atoms. The van der Waals surface area contributed by atoms with Crippen molar-refractivity contribution in [1.82, 2.24) is 24.3 Å². The summed E-state index contributed by atoms with van der Waals surface area (Å²) in [7, 11) is 3.90. The minimum absolute atomic E-state index is 0.757. The highest BCUT2D eigenvalue weighted by Crippen LogP contribution is 2.31. The Hall–Kier alpha value is -3.35. The maximum absolute atomic E-state index is 4.88. The zero-order chi connectivity index (χ0) is 18.4. The maximum atomic E-state index is 4.88. The molecule has 0 aliphatic carbocycles. The first kappa shape index (κ1) is 15.9. The maximum Gasteiger partial charge on any atom is 0.209 e. The molecule has 0 amide bonds. The number of nitrogens with zero attached hydrogens (tertiary/aromatic N) is 6. The van der Waals surface area contributed by atoms with Crippen molar-refractivity contribution in [3.63, 3.8) is 0 Å². The molecular weight excluding hydrogens is 338 g/mol. The summed E-state index contributed by atoms with van der Waals surface area (Å²) >= 11 is 0. The summed E-state index contributed by atoms with van der Waals surface area (Å²) in [6.07, 6.45) is 3.78. The highest BCUT2D eigenvalue weighted by molar-refractivity contribution is 5.78. The third-order valence-corrected chi connectivity index (χ3v) is 5.19. The van der Waals surface area contributed by atoms with E-state index in [9.17, 15) is 0 Å². The number of pyridine rings is 1. The Morgan fingerprint density at radius 1 is 1.11 bits per heavy atom. The fourth-order valence-corrected chi connectivity index (χ4v) is 3.72. The summed E-state index contributed by atoms with van der Waals surface area (Å²) in [5.74, 6) is 0.950. The number of nitrogens with one attached hydrogen (secondary N) is 1. The molecule has 136 valence electrons. The highest BCUT2D eigenvalue weighted by Gasteiger charge is 2.27. The molecule has 3 aromatic heterocycles. The fraction of sp³-hybridized carbons (Fsp3) is 0.250. The van der Waals surface area contributed by atoms with Gasteiger partial charge in [0, 0.05) is 26.2 Å². The van der Waals surface area contributed by atoms with Crippen LogP contribution in [0.1, 0.15) is 16.8 Å². The molecule has 4 aromatic rings. The fourth-order valence-electron chi connectivity index (χ4n) is 3.72. The number of fused-ring (bicyclic) bond motifs is 2. The summed E-state index contributed by atoms with van der Waals surface area (Å²) in [4.78, 5) is 11.7. The Bertz CT molecular complexity index is 1110. The van der Waals surface area contributed by atoms with Gasteiger partial charge in [0.05, 0.1) is 42.4 Å². The van der Waals surface area contributed by atoms with E-state index in [1.54, 1.807) is 0 Å². The minimum atomic E-state index is 0.757. The number of rotatable bonds is 4. The van der Waals surface area contributed by atoms with Gasteiger partial charge in [0.25, 0.3) is 0 Å². The number of aryl methyl sites for hydroxylation is 1. The molecule has 0 radical (unpaired) electrons. The molecule has 7 nitrogen and oxygen atoms in total. The molecule has 1 N–H and O–H groups in total. The molecule has 0 spiro atoms. The van der Waals surface area contributed by atoms with E-state index in [1.165, 1.54) is 16.8 Å². The normalized spacial score (nSPS) is 13.3. The Balaban J connectivity index is 1.61. The molecular formula is C20H21N7. The van der Waals surface area contributed by atoms with Crippen molar-refractivity contribution in [1.29, 1.82) is 0 Å². The van der Waals surface area contributed by atoms with Crippen LogP contribution in [-0.4, -0.2) is 31.4 Å². The van der Waals surface area contributed by atoms with Gasteiger partial charge in [-0.15, -0.1) is 0 Å². The van der Waals surface area contributed by atoms with Gasteiger partial charge in [-0.2, -0.15) is 10.1 Å². The van der Waals surface area contributed by atoms with E-state index < -0.39 is 0 Å². The van der Waals surface area contributed by atoms with Gasteiger partial charge in [-0.25, -0.2) is 4.98 Å². The number of hydrogen-bond acceptors (Lipinski definition) is 5. The van der Waals surface area contributed by atoms with Crippen LogP contribution in [0, 0.1) is 0 Å². The smallest absolute Gasteiger partial charge is 0.209 e. The molecule has 0 unspecified atom stereocenters. The Labute approximate surface area is 157 Å². The summed E-state index contributed by atoms with van der Waals surface area (Å²) in [6.45, 7) is 2.38. The van der Waals surface area contributed by atoms with E-state index in [4.69, 9.17) is 4.98 Å². The second kappa shape index (κ2) is 6.12. The van der Waals surface area contributed by atoms with Crippen LogP contribution in [0.2, 0.25) is 0 Å². The third-order valence-electron chi connectivity index (χ3n) is 5.19. The van der Waals surface area contributed by atoms with Crippen molar-refractivity contribution in [2.24, 2.45) is 7.05 Å². The van der Waals surface area contributed by atoms with Crippen LogP contribution in [0.15, 0.2) is 48.8 Å². The zero-order valence-corrected chi connectivity index (χ0v) is 15.4. The van der Waals surface area contributed by atoms with Crippen molar-refractivity contribution in [2.45, 2.75) is 19.6 Å². The number of imidazole rings is 1. The van der Waals surface area contributed by atoms with Crippen LogP contribution in [0.25, 0.3) is 11.2 Å². The molecule has 1 aliphatic heterocycles. The molecule has 0 saturated carbocycles. The van der Waals surface area contributed by atoms with Crippen molar-refractivity contribution < 1.29 is 0 Å². The van der Waals surface area contributed by atoms with Gasteiger partial charge in [-0.05, 0) is 11.6 Å². The predicted octanol–water partition coefficient (Wildman–Crippen LogP) is 2.78. The Kier molecular flexibility index (Phi) is 3.60. The monoisotopic (exact) mass is 359 g/mol. The highest BCUT2D eigenvalue weighted by atomic mass is 15.4. The van der Waals surface area contributed by atoms with Gasteiger partial charge in [0.1, 0.15) is 0 Å². The largest absolute Gasteiger partial charge is 0.387 e. The molecule has 0 atom stereocenters. The molecule has 0 fully saturated rings. The minimum Gasteiger partial charge on any atom is -0.387 e. The predicted molar refractivity (Wildman–Crippen MR) is 106 cm³/mol. The van der Waals surface area contributed by atoms with E-state index in [0.29, 0.717) is 0 Å². The van der Waals surface area contributed by atoms with Gasteiger partial charge in [-0.3, -0.25) is 4.68 Å². The molecule has 5 rings (SSSR count). The van der Waals surface area contributed by atoms with E-state index in [-0.39, 0.29) is 0 Å². The number of aromatic nitrogens is 5. The Morgan fingerprint density at radius 3 is 2.74 bits per heavy atom. The van der Waals surface area contributed by atoms with E-state index in [2.05, 4.69) is 55.2 Å². The number of hydrogen-bond donors (Lipinski definition) is 1. The Morgan fingerprint density at radius 2 is 1.96 bits per heavy atom. The number of benzene rings is 1. The van der Waals surface area contributed by atoms with Crippen LogP contribution < -0.4 is 10.2 Å². The lowest BCUT2D eigenvalue weighted by atomic mass is 10.2. The zero-order valence-electron chi connectivity index (χ0n) is 15.4. The van der Waals surface area contributed by atoms with Crippen LogP contribution in [0.5, 0.6) is 0 Å². The summed E-state index contributed by atoms with van der Waals surface area (Å²) in [5, 5.41) is 7.54. The van der Waals surface area contributed by atoms with Crippen molar-refractivity contribution in [2.75, 3.05) is 17.3 Å². The van der Waals surface area contributed by atoms with Crippen LogP contribution in [-0.2, 0) is 26.7 Å². The molecule has 1 aliphatic rings. The molecule has 1 aromatic carbocycles. The summed E-state index contributed by atoms with van der Waals surface area (Å²) in [6, 6.07) is 12.6. The van der Waals surface area contributed by atoms with E-state index in [0.717, 1.165) is 42.4 Å². The lowest BCUT2D eigenvalue weighted by Crippen LogP contribution is -2.21. The van der Waals surface area contributed by atoms with E-state index >= 15 is 0 Å². The quantitative estimate of drug-likeness (QED) is 0.607. The second-order valence-corrected chi connectivity index (χ2v) is 6.90. The van der Waals surface area contributed by atoms with Gasteiger partial charge in [-0.1, -0.05) is 30.3 Å². The standard InChI is InChI=1S/C20H21N7/c1-21-16-8-17-19(22-10-16)24-20(27(17)11-14-6-4-3-5-7-14)26-12-15-9-23-25(2)18(15)13-26/h3-10,21H,11-13H2,1-2H3. The van der Waals surface area contributed by atoms with Crippen molar-refractivity contribution >= 4 is 22.8 Å². The van der Waals surface area contributed by atoms with Crippen LogP contribution in [0.4, 0.5) is 11.6 Å². The topological polar surface area (TPSA) is 63.8 Å². The first-order chi connectivity index (χ1) is 13.2. The summed E-state index contributed by atoms with van der Waals surface area (Å²) < 4.78 is 4.22. The summed E-state index contributed by atoms with van der Waals surface area (Å²) in [5.41, 5.74) is 6.55. The third kappa shape index (κ3) is 2.63. The van der Waals surface area contributed by atoms with Crippen molar-refractivity contribution in [3.8, 4) is 0 Å². The first-order valence-electron chi connectivity index (χ1n) is 9.05. The number of anilines is 2. The second-order valence-electron chi connectivity index (χ2n) is 6.90. The average molecular weight is 359 g/mol. The van der Waals surface area contributed by atoms with Crippen molar-refractivity contribution in [3.05, 3.63) is 65.6 Å². The molecule has 0 bridgehead atoms. The van der Waals surface area contributed by atoms with Gasteiger partial charge >= 0.3 is 0 Å². The first-order valence-corrected chi connectivity index (χ1v) is 9.05. The SMILES string of the molecule is CNc1cnc2nc(N3Cc4cnn(C)c4C3)n(Cc3ccccc3)c2c1. The van der Waals surface area contributed by atoms with Gasteiger partial charge in [0.2, 0.25) is 5.95 Å². The van der Waals surface area contributed by atoms with Crippen LogP contribution >= 0.6 is 0 Å². The van der Waals surface area contributed by atoms with Gasteiger partial charge < -0.3 is 14.8 Å². The lowest BCUT2D eigenvalue weighted by Gasteiger charge is -2.19. The van der Waals surface area contributed by atoms with Crippen LogP contribution in [0.3, 0.4) is 0 Å². The van der Waals surface area contributed by atoms with Gasteiger partial charge in [0.15, 0.2) is 5.65 Å². The lowest BCUT2D eigenvalue weighted by molar-refractivity contribution is 0.684. The molecule has 7 heteroatoms.